The van der Waals surface area contributed by atoms with Gasteiger partial charge in [0.15, 0.2) is 10.9 Å². The number of anilines is 2. The van der Waals surface area contributed by atoms with E-state index in [-0.39, 0.29) is 17.6 Å². The fourth-order valence-corrected chi connectivity index (χ4v) is 4.74. The van der Waals surface area contributed by atoms with Crippen LogP contribution in [0.4, 0.5) is 10.8 Å². The molecule has 0 fully saturated rings. The number of thiazole rings is 1. The van der Waals surface area contributed by atoms with Gasteiger partial charge in [0, 0.05) is 13.1 Å². The Morgan fingerprint density at radius 2 is 1.87 bits per heavy atom. The summed E-state index contributed by atoms with van der Waals surface area (Å²) in [6, 6.07) is 12.6. The summed E-state index contributed by atoms with van der Waals surface area (Å²) in [4.78, 5) is 30.0. The zero-order valence-electron chi connectivity index (χ0n) is 15.9. The zero-order valence-corrected chi connectivity index (χ0v) is 17.6. The lowest BCUT2D eigenvalue weighted by atomic mass is 10.3. The molecule has 0 aliphatic heterocycles. The SMILES string of the molecule is COc1ccccc1Nc1nc2sc(C(=O)NCCNC(=O)c3ccco3)cc2s1. The smallest absolute Gasteiger partial charge is 0.287 e. The van der Waals surface area contributed by atoms with Crippen molar-refractivity contribution < 1.29 is 18.7 Å². The maximum Gasteiger partial charge on any atom is 0.287 e. The molecule has 0 bridgehead atoms. The molecule has 0 radical (unpaired) electrons. The first-order valence-electron chi connectivity index (χ1n) is 9.04. The number of para-hydroxylation sites is 2. The number of methoxy groups -OCH3 is 1. The van der Waals surface area contributed by atoms with Crippen molar-refractivity contribution in [2.75, 3.05) is 25.5 Å². The van der Waals surface area contributed by atoms with E-state index in [0.29, 0.717) is 18.0 Å². The summed E-state index contributed by atoms with van der Waals surface area (Å²) in [5.41, 5.74) is 0.830. The van der Waals surface area contributed by atoms with Crippen molar-refractivity contribution in [2.24, 2.45) is 0 Å². The number of carbonyl (C=O) groups is 2. The molecule has 4 rings (SSSR count). The van der Waals surface area contributed by atoms with Crippen LogP contribution in [0.5, 0.6) is 5.75 Å². The van der Waals surface area contributed by atoms with Gasteiger partial charge in [0.25, 0.3) is 11.8 Å². The number of thiophene rings is 1. The average molecular weight is 443 g/mol. The molecule has 8 nitrogen and oxygen atoms in total. The highest BCUT2D eigenvalue weighted by molar-refractivity contribution is 7.29. The molecular weight excluding hydrogens is 424 g/mol. The zero-order chi connectivity index (χ0) is 20.9. The monoisotopic (exact) mass is 442 g/mol. The van der Waals surface area contributed by atoms with Gasteiger partial charge in [0.05, 0.1) is 28.6 Å². The Hall–Kier alpha value is -3.37. The Morgan fingerprint density at radius 3 is 2.60 bits per heavy atom. The van der Waals surface area contributed by atoms with Gasteiger partial charge in [-0.2, -0.15) is 0 Å². The Labute approximate surface area is 179 Å². The molecule has 0 saturated carbocycles. The first-order valence-corrected chi connectivity index (χ1v) is 10.7. The van der Waals surface area contributed by atoms with Crippen molar-refractivity contribution in [3.63, 3.8) is 0 Å². The van der Waals surface area contributed by atoms with Crippen LogP contribution < -0.4 is 20.7 Å². The van der Waals surface area contributed by atoms with E-state index in [1.165, 1.54) is 28.9 Å². The van der Waals surface area contributed by atoms with Crippen LogP contribution in [0.2, 0.25) is 0 Å². The Kier molecular flexibility index (Phi) is 5.96. The van der Waals surface area contributed by atoms with Crippen molar-refractivity contribution in [1.82, 2.24) is 15.6 Å². The van der Waals surface area contributed by atoms with Crippen molar-refractivity contribution >= 4 is 54.8 Å². The van der Waals surface area contributed by atoms with Gasteiger partial charge in [0.2, 0.25) is 0 Å². The molecule has 10 heteroatoms. The number of amides is 2. The van der Waals surface area contributed by atoms with Gasteiger partial charge in [-0.3, -0.25) is 9.59 Å². The van der Waals surface area contributed by atoms with E-state index < -0.39 is 0 Å². The highest BCUT2D eigenvalue weighted by Crippen LogP contribution is 2.35. The molecule has 0 unspecified atom stereocenters. The summed E-state index contributed by atoms with van der Waals surface area (Å²) in [5, 5.41) is 9.45. The Balaban J connectivity index is 1.32. The summed E-state index contributed by atoms with van der Waals surface area (Å²) in [6.07, 6.45) is 1.43. The molecule has 30 heavy (non-hydrogen) atoms. The number of nitrogens with zero attached hydrogens (tertiary/aromatic N) is 1. The predicted octanol–water partition coefficient (Wildman–Crippen LogP) is 3.86. The standard InChI is InChI=1S/C20H18N4O4S2/c1-27-13-6-3-2-5-12(13)23-20-24-19-16(30-20)11-15(29-19)18(26)22-9-8-21-17(25)14-7-4-10-28-14/h2-7,10-11H,8-9H2,1H3,(H,21,25)(H,22,26)(H,23,24). The van der Waals surface area contributed by atoms with Crippen LogP contribution in [0.25, 0.3) is 9.53 Å². The number of hydrogen-bond acceptors (Lipinski definition) is 8. The molecule has 2 amide bonds. The number of carbonyl (C=O) groups excluding carboxylic acids is 2. The summed E-state index contributed by atoms with van der Waals surface area (Å²) in [7, 11) is 1.62. The molecule has 3 heterocycles. The Morgan fingerprint density at radius 1 is 1.07 bits per heavy atom. The van der Waals surface area contributed by atoms with Crippen LogP contribution in [0, 0.1) is 0 Å². The first kappa shape index (κ1) is 19.9. The summed E-state index contributed by atoms with van der Waals surface area (Å²) < 4.78 is 11.3. The minimum Gasteiger partial charge on any atom is -0.495 e. The third kappa shape index (κ3) is 4.44. The molecule has 1 aromatic carbocycles. The van der Waals surface area contributed by atoms with Crippen LogP contribution in [-0.4, -0.2) is 37.0 Å². The summed E-state index contributed by atoms with van der Waals surface area (Å²) >= 11 is 2.79. The lowest BCUT2D eigenvalue weighted by Gasteiger charge is -2.07. The van der Waals surface area contributed by atoms with Crippen LogP contribution in [-0.2, 0) is 0 Å². The number of ether oxygens (including phenoxy) is 1. The van der Waals surface area contributed by atoms with E-state index in [4.69, 9.17) is 9.15 Å². The minimum absolute atomic E-state index is 0.198. The van der Waals surface area contributed by atoms with Crippen LogP contribution in [0.1, 0.15) is 20.2 Å². The molecule has 3 N–H and O–H groups in total. The topological polar surface area (TPSA) is 105 Å². The van der Waals surface area contributed by atoms with E-state index in [1.807, 2.05) is 30.3 Å². The van der Waals surface area contributed by atoms with Crippen molar-refractivity contribution in [1.29, 1.82) is 0 Å². The second-order valence-electron chi connectivity index (χ2n) is 6.11. The molecular formula is C20H18N4O4S2. The van der Waals surface area contributed by atoms with E-state index >= 15 is 0 Å². The normalized spacial score (nSPS) is 10.7. The van der Waals surface area contributed by atoms with E-state index in [9.17, 15) is 9.59 Å². The molecule has 0 saturated heterocycles. The second kappa shape index (κ2) is 8.97. The molecule has 0 spiro atoms. The van der Waals surface area contributed by atoms with E-state index in [2.05, 4.69) is 20.9 Å². The maximum atomic E-state index is 12.4. The maximum absolute atomic E-state index is 12.4. The van der Waals surface area contributed by atoms with Crippen LogP contribution in [0.3, 0.4) is 0 Å². The minimum atomic E-state index is -0.315. The fraction of sp³-hybridized carbons (Fsp3) is 0.150. The number of hydrogen-bond donors (Lipinski definition) is 3. The van der Waals surface area contributed by atoms with Crippen molar-refractivity contribution in [2.45, 2.75) is 0 Å². The highest BCUT2D eigenvalue weighted by atomic mass is 32.1. The highest BCUT2D eigenvalue weighted by Gasteiger charge is 2.15. The lowest BCUT2D eigenvalue weighted by Crippen LogP contribution is -2.34. The number of aromatic nitrogens is 1. The number of benzene rings is 1. The first-order chi connectivity index (χ1) is 14.6. The number of fused-ring (bicyclic) bond motifs is 1. The third-order valence-electron chi connectivity index (χ3n) is 4.10. The van der Waals surface area contributed by atoms with Gasteiger partial charge in [-0.1, -0.05) is 23.5 Å². The summed E-state index contributed by atoms with van der Waals surface area (Å²) in [6.45, 7) is 0.612. The molecule has 3 aromatic heterocycles. The van der Waals surface area contributed by atoms with Gasteiger partial charge in [-0.25, -0.2) is 4.98 Å². The fourth-order valence-electron chi connectivity index (χ4n) is 2.70. The molecule has 0 aliphatic rings. The number of rotatable bonds is 8. The molecule has 154 valence electrons. The van der Waals surface area contributed by atoms with Crippen LogP contribution in [0.15, 0.2) is 53.1 Å². The van der Waals surface area contributed by atoms with Gasteiger partial charge in [-0.15, -0.1) is 11.3 Å². The van der Waals surface area contributed by atoms with Crippen molar-refractivity contribution in [3.05, 3.63) is 59.4 Å². The van der Waals surface area contributed by atoms with Gasteiger partial charge < -0.3 is 25.1 Å². The van der Waals surface area contributed by atoms with E-state index in [0.717, 1.165) is 26.1 Å². The van der Waals surface area contributed by atoms with E-state index in [1.54, 1.807) is 19.2 Å². The third-order valence-corrected chi connectivity index (χ3v) is 6.18. The molecule has 0 atom stereocenters. The average Bonchev–Trinajstić information content (AvgIpc) is 3.48. The second-order valence-corrected chi connectivity index (χ2v) is 8.17. The largest absolute Gasteiger partial charge is 0.495 e. The number of furan rings is 1. The van der Waals surface area contributed by atoms with Gasteiger partial charge in [0.1, 0.15) is 10.6 Å². The number of nitrogens with one attached hydrogen (secondary N) is 3. The summed E-state index contributed by atoms with van der Waals surface area (Å²) in [5.74, 6) is 0.459. The quantitative estimate of drug-likeness (QED) is 0.358. The molecule has 0 aliphatic carbocycles. The molecule has 4 aromatic rings. The van der Waals surface area contributed by atoms with Gasteiger partial charge >= 0.3 is 0 Å². The predicted molar refractivity (Wildman–Crippen MR) is 117 cm³/mol. The van der Waals surface area contributed by atoms with Crippen molar-refractivity contribution in [3.8, 4) is 5.75 Å². The Bertz CT molecular complexity index is 1140. The van der Waals surface area contributed by atoms with Crippen LogP contribution >= 0.6 is 22.7 Å². The lowest BCUT2D eigenvalue weighted by molar-refractivity contribution is 0.0911. The van der Waals surface area contributed by atoms with Gasteiger partial charge in [-0.05, 0) is 30.3 Å².